The molecule has 0 aromatic rings. The van der Waals surface area contributed by atoms with Crippen molar-refractivity contribution in [2.24, 2.45) is 5.41 Å². The summed E-state index contributed by atoms with van der Waals surface area (Å²) in [7, 11) is 0. The molecule has 4 nitrogen and oxygen atoms in total. The van der Waals surface area contributed by atoms with Gasteiger partial charge >= 0.3 is 18.1 Å². The van der Waals surface area contributed by atoms with Crippen molar-refractivity contribution in [3.05, 3.63) is 12.2 Å². The Kier molecular flexibility index (Phi) is 6.20. The topological polar surface area (TPSA) is 44.8 Å². The summed E-state index contributed by atoms with van der Waals surface area (Å²) in [6.45, 7) is 9.60. The SMILES string of the molecule is C=C(C)C(=O)OC1(C)CCC(OCOCC(C)(C)C)(C(F)(F)F)C1(F)F. The van der Waals surface area contributed by atoms with Gasteiger partial charge in [0.25, 0.3) is 0 Å². The molecule has 1 rings (SSSR count). The fraction of sp³-hybridized carbons (Fsp3) is 0.824. The highest BCUT2D eigenvalue weighted by molar-refractivity contribution is 5.87. The van der Waals surface area contributed by atoms with E-state index < -0.39 is 48.9 Å². The number of hydrogen-bond acceptors (Lipinski definition) is 4. The summed E-state index contributed by atoms with van der Waals surface area (Å²) in [5.74, 6) is -5.71. The van der Waals surface area contributed by atoms with E-state index in [2.05, 4.69) is 16.1 Å². The summed E-state index contributed by atoms with van der Waals surface area (Å²) in [4.78, 5) is 11.6. The van der Waals surface area contributed by atoms with E-state index >= 15 is 0 Å². The van der Waals surface area contributed by atoms with E-state index in [0.717, 1.165) is 6.92 Å². The molecule has 1 fully saturated rings. The molecule has 26 heavy (non-hydrogen) atoms. The quantitative estimate of drug-likeness (QED) is 0.219. The second-order valence-electron chi connectivity index (χ2n) is 7.97. The number of halogens is 5. The average Bonchev–Trinajstić information content (AvgIpc) is 2.62. The molecule has 0 spiro atoms. The Morgan fingerprint density at radius 3 is 2.12 bits per heavy atom. The number of alkyl halides is 5. The number of esters is 1. The maximum Gasteiger partial charge on any atom is 0.423 e. The minimum atomic E-state index is -5.39. The predicted octanol–water partition coefficient (Wildman–Crippen LogP) is 4.63. The Balaban J connectivity index is 3.09. The zero-order chi connectivity index (χ0) is 20.6. The summed E-state index contributed by atoms with van der Waals surface area (Å²) >= 11 is 0. The van der Waals surface area contributed by atoms with Gasteiger partial charge in [-0.3, -0.25) is 0 Å². The van der Waals surface area contributed by atoms with E-state index in [4.69, 9.17) is 4.74 Å². The molecular formula is C17H25F5O4. The van der Waals surface area contributed by atoms with Gasteiger partial charge in [0.15, 0.2) is 5.60 Å². The maximum absolute atomic E-state index is 14.9. The van der Waals surface area contributed by atoms with Crippen molar-refractivity contribution < 1.29 is 41.0 Å². The van der Waals surface area contributed by atoms with Crippen LogP contribution in [0.3, 0.4) is 0 Å². The summed E-state index contributed by atoms with van der Waals surface area (Å²) < 4.78 is 84.8. The van der Waals surface area contributed by atoms with Gasteiger partial charge in [0, 0.05) is 5.57 Å². The van der Waals surface area contributed by atoms with Crippen LogP contribution in [0.2, 0.25) is 0 Å². The molecular weight excluding hydrogens is 363 g/mol. The van der Waals surface area contributed by atoms with Gasteiger partial charge in [-0.2, -0.15) is 22.0 Å². The molecule has 0 saturated heterocycles. The number of carbonyl (C=O) groups is 1. The molecule has 152 valence electrons. The zero-order valence-electron chi connectivity index (χ0n) is 15.6. The van der Waals surface area contributed by atoms with Crippen molar-refractivity contribution in [1.29, 1.82) is 0 Å². The molecule has 2 atom stereocenters. The Labute approximate surface area is 149 Å². The second kappa shape index (κ2) is 7.07. The van der Waals surface area contributed by atoms with Crippen molar-refractivity contribution >= 4 is 5.97 Å². The van der Waals surface area contributed by atoms with Crippen molar-refractivity contribution in [3.63, 3.8) is 0 Å². The number of hydrogen-bond donors (Lipinski definition) is 0. The first-order valence-corrected chi connectivity index (χ1v) is 8.04. The monoisotopic (exact) mass is 388 g/mol. The van der Waals surface area contributed by atoms with Crippen LogP contribution in [0, 0.1) is 5.41 Å². The Morgan fingerprint density at radius 2 is 1.69 bits per heavy atom. The minimum absolute atomic E-state index is 0.0222. The summed E-state index contributed by atoms with van der Waals surface area (Å²) in [5.41, 5.74) is -7.05. The Morgan fingerprint density at radius 1 is 1.15 bits per heavy atom. The highest BCUT2D eigenvalue weighted by Gasteiger charge is 2.81. The van der Waals surface area contributed by atoms with Crippen molar-refractivity contribution in [2.75, 3.05) is 13.4 Å². The molecule has 0 amide bonds. The van der Waals surface area contributed by atoms with Gasteiger partial charge in [-0.25, -0.2) is 4.79 Å². The van der Waals surface area contributed by atoms with E-state index in [0.29, 0.717) is 0 Å². The van der Waals surface area contributed by atoms with Gasteiger partial charge in [-0.05, 0) is 32.1 Å². The van der Waals surface area contributed by atoms with Crippen LogP contribution < -0.4 is 0 Å². The molecule has 1 aliphatic carbocycles. The zero-order valence-corrected chi connectivity index (χ0v) is 15.6. The van der Waals surface area contributed by atoms with E-state index in [9.17, 15) is 26.7 Å². The second-order valence-corrected chi connectivity index (χ2v) is 7.97. The van der Waals surface area contributed by atoms with Gasteiger partial charge in [-0.1, -0.05) is 27.4 Å². The number of carbonyl (C=O) groups excluding carboxylic acids is 1. The van der Waals surface area contributed by atoms with Crippen LogP contribution in [-0.2, 0) is 19.0 Å². The Hall–Kier alpha value is -1.22. The molecule has 0 radical (unpaired) electrons. The maximum atomic E-state index is 14.9. The van der Waals surface area contributed by atoms with Gasteiger partial charge < -0.3 is 14.2 Å². The number of ether oxygens (including phenoxy) is 3. The van der Waals surface area contributed by atoms with Crippen LogP contribution in [-0.4, -0.2) is 42.7 Å². The van der Waals surface area contributed by atoms with Crippen LogP contribution in [0.1, 0.15) is 47.5 Å². The van der Waals surface area contributed by atoms with Gasteiger partial charge in [-0.15, -0.1) is 0 Å². The molecule has 0 aromatic carbocycles. The van der Waals surface area contributed by atoms with Gasteiger partial charge in [0.1, 0.15) is 6.79 Å². The van der Waals surface area contributed by atoms with E-state index in [-0.39, 0.29) is 17.6 Å². The standard InChI is InChI=1S/C17H25F5O4/c1-11(2)12(23)26-14(6)7-8-15(16(14,18)19,17(20,21)22)25-10-24-9-13(3,4)5/h1,7-10H2,2-6H3. The van der Waals surface area contributed by atoms with E-state index in [1.807, 2.05) is 0 Å². The molecule has 9 heteroatoms. The molecule has 0 aliphatic heterocycles. The highest BCUT2D eigenvalue weighted by Crippen LogP contribution is 2.60. The largest absolute Gasteiger partial charge is 0.449 e. The van der Waals surface area contributed by atoms with E-state index in [1.54, 1.807) is 20.8 Å². The smallest absolute Gasteiger partial charge is 0.423 e. The molecule has 0 N–H and O–H groups in total. The number of rotatable bonds is 6. The molecule has 0 aromatic heterocycles. The van der Waals surface area contributed by atoms with Gasteiger partial charge in [0.05, 0.1) is 6.61 Å². The van der Waals surface area contributed by atoms with Crippen molar-refractivity contribution in [2.45, 2.75) is 70.8 Å². The van der Waals surface area contributed by atoms with Crippen LogP contribution in [0.15, 0.2) is 12.2 Å². The minimum Gasteiger partial charge on any atom is -0.449 e. The lowest BCUT2D eigenvalue weighted by molar-refractivity contribution is -0.369. The van der Waals surface area contributed by atoms with Gasteiger partial charge in [0.2, 0.25) is 5.60 Å². The third-order valence-electron chi connectivity index (χ3n) is 4.17. The Bertz CT molecular complexity index is 552. The first kappa shape index (κ1) is 22.8. The molecule has 1 saturated carbocycles. The molecule has 0 heterocycles. The van der Waals surface area contributed by atoms with Crippen molar-refractivity contribution in [1.82, 2.24) is 0 Å². The fourth-order valence-electron chi connectivity index (χ4n) is 2.62. The summed E-state index contributed by atoms with van der Waals surface area (Å²) in [5, 5.41) is 0. The van der Waals surface area contributed by atoms with Crippen LogP contribution >= 0.6 is 0 Å². The highest BCUT2D eigenvalue weighted by atomic mass is 19.4. The van der Waals surface area contributed by atoms with Crippen LogP contribution in [0.25, 0.3) is 0 Å². The summed E-state index contributed by atoms with van der Waals surface area (Å²) in [6, 6.07) is 0. The average molecular weight is 388 g/mol. The third-order valence-corrected chi connectivity index (χ3v) is 4.17. The lowest BCUT2D eigenvalue weighted by Gasteiger charge is -2.41. The molecule has 2 unspecified atom stereocenters. The first-order chi connectivity index (χ1) is 11.5. The predicted molar refractivity (Wildman–Crippen MR) is 83.6 cm³/mol. The lowest BCUT2D eigenvalue weighted by Crippen LogP contribution is -2.64. The summed E-state index contributed by atoms with van der Waals surface area (Å²) in [6.07, 6.45) is -7.19. The molecule has 0 bridgehead atoms. The van der Waals surface area contributed by atoms with Crippen LogP contribution in [0.4, 0.5) is 22.0 Å². The van der Waals surface area contributed by atoms with Crippen LogP contribution in [0.5, 0.6) is 0 Å². The third kappa shape index (κ3) is 4.19. The molecule has 1 aliphatic rings. The fourth-order valence-corrected chi connectivity index (χ4v) is 2.62. The van der Waals surface area contributed by atoms with E-state index in [1.165, 1.54) is 6.92 Å². The first-order valence-electron chi connectivity index (χ1n) is 8.04. The normalized spacial score (nSPS) is 28.8. The van der Waals surface area contributed by atoms with Crippen molar-refractivity contribution in [3.8, 4) is 0 Å². The lowest BCUT2D eigenvalue weighted by atomic mass is 9.91.